The molecule has 1 aliphatic heterocycles. The second-order valence-corrected chi connectivity index (χ2v) is 19.9. The van der Waals surface area contributed by atoms with Gasteiger partial charge in [-0.3, -0.25) is 0 Å². The minimum Gasteiger partial charge on any atom is -0.310 e. The fourth-order valence-corrected chi connectivity index (χ4v) is 13.3. The Morgan fingerprint density at radius 1 is 0.270 bits per heavy atom. The smallest absolute Gasteiger partial charge is 0.0754 e. The molecular weight excluding hydrogens is 895 g/mol. The van der Waals surface area contributed by atoms with E-state index in [4.69, 9.17) is 0 Å². The largest absolute Gasteiger partial charge is 0.310 e. The number of hydrogen-bond donors (Lipinski definition) is 0. The molecule has 2 aliphatic rings. The van der Waals surface area contributed by atoms with Gasteiger partial charge in [-0.25, -0.2) is 0 Å². The van der Waals surface area contributed by atoms with Crippen LogP contribution in [0.25, 0.3) is 81.7 Å². The van der Waals surface area contributed by atoms with Crippen molar-refractivity contribution in [1.29, 1.82) is 0 Å². The normalized spacial score (nSPS) is 13.0. The lowest BCUT2D eigenvalue weighted by molar-refractivity contribution is 0.748. The van der Waals surface area contributed by atoms with Crippen molar-refractivity contribution >= 4 is 99.0 Å². The van der Waals surface area contributed by atoms with Crippen molar-refractivity contribution in [2.24, 2.45) is 0 Å². The van der Waals surface area contributed by atoms with Crippen LogP contribution in [0.1, 0.15) is 22.3 Å². The summed E-state index contributed by atoms with van der Waals surface area (Å²) in [5.41, 5.74) is 17.3. The number of anilines is 6. The summed E-state index contributed by atoms with van der Waals surface area (Å²) in [6.45, 7) is 0. The van der Waals surface area contributed by atoms with Gasteiger partial charge in [-0.15, -0.1) is 0 Å². The van der Waals surface area contributed by atoms with Crippen LogP contribution in [0.15, 0.2) is 273 Å². The van der Waals surface area contributed by atoms with Crippen molar-refractivity contribution in [3.8, 4) is 16.8 Å². The molecule has 16 rings (SSSR count). The fourth-order valence-electron chi connectivity index (χ4n) is 13.3. The zero-order valence-corrected chi connectivity index (χ0v) is 40.3. The lowest BCUT2D eigenvalue weighted by Gasteiger charge is -2.40. The number of aromatic nitrogens is 1. The van der Waals surface area contributed by atoms with E-state index in [-0.39, 0.29) is 0 Å². The molecule has 0 saturated carbocycles. The summed E-state index contributed by atoms with van der Waals surface area (Å²) in [6.07, 6.45) is 0. The van der Waals surface area contributed by atoms with Gasteiger partial charge in [-0.2, -0.15) is 0 Å². The first kappa shape index (κ1) is 41.0. The molecule has 1 aromatic heterocycles. The van der Waals surface area contributed by atoms with Crippen molar-refractivity contribution in [3.05, 3.63) is 295 Å². The zero-order chi connectivity index (χ0) is 48.5. The Morgan fingerprint density at radius 2 is 0.703 bits per heavy atom. The van der Waals surface area contributed by atoms with E-state index < -0.39 is 5.41 Å². The topological polar surface area (TPSA) is 11.4 Å². The van der Waals surface area contributed by atoms with Crippen LogP contribution in [0.5, 0.6) is 0 Å². The van der Waals surface area contributed by atoms with Crippen molar-refractivity contribution in [2.45, 2.75) is 5.41 Å². The van der Waals surface area contributed by atoms with Gasteiger partial charge in [-0.1, -0.05) is 200 Å². The summed E-state index contributed by atoms with van der Waals surface area (Å²) in [6, 6.07) is 102. The maximum absolute atomic E-state index is 2.53. The summed E-state index contributed by atoms with van der Waals surface area (Å²) in [7, 11) is 0. The lowest BCUT2D eigenvalue weighted by Crippen LogP contribution is -2.33. The molecule has 0 N–H and O–H groups in total. The average molecular weight is 940 g/mol. The van der Waals surface area contributed by atoms with E-state index in [1.54, 1.807) is 0 Å². The monoisotopic (exact) mass is 939 g/mol. The van der Waals surface area contributed by atoms with Crippen molar-refractivity contribution < 1.29 is 0 Å². The van der Waals surface area contributed by atoms with Crippen LogP contribution in [0.4, 0.5) is 34.1 Å². The van der Waals surface area contributed by atoms with Crippen LogP contribution in [-0.4, -0.2) is 4.57 Å². The van der Waals surface area contributed by atoms with Gasteiger partial charge >= 0.3 is 0 Å². The van der Waals surface area contributed by atoms with Crippen molar-refractivity contribution in [1.82, 2.24) is 4.57 Å². The van der Waals surface area contributed by atoms with Gasteiger partial charge < -0.3 is 14.4 Å². The second kappa shape index (κ2) is 15.6. The number of fused-ring (bicyclic) bond motifs is 18. The standard InChI is InChI=1S/C71H45N3/c1-3-22-48(23-4-1)72(68-42-46-20-7-9-26-52(46)54-28-11-13-30-56(54)68)50-38-40-62-60(44-50)61-45-51(73(49-24-5-2-6-25-49)69-43-47-21-8-10-27-53(47)55-29-12-14-31-57(55)69)39-41-63(61)71(62)64-34-16-18-37-67(64)74-66-36-17-15-32-58(66)59-33-19-35-65(71)70(59)74/h1-45H. The quantitative estimate of drug-likeness (QED) is 0.154. The third-order valence-electron chi connectivity index (χ3n) is 16.3. The summed E-state index contributed by atoms with van der Waals surface area (Å²) in [4.78, 5) is 4.96. The molecule has 0 radical (unpaired) electrons. The molecule has 74 heavy (non-hydrogen) atoms. The van der Waals surface area contributed by atoms with Gasteiger partial charge in [0.05, 0.1) is 33.5 Å². The Morgan fingerprint density at radius 3 is 1.27 bits per heavy atom. The van der Waals surface area contributed by atoms with Gasteiger partial charge in [0.15, 0.2) is 0 Å². The molecule has 2 heterocycles. The van der Waals surface area contributed by atoms with E-state index in [1.807, 2.05) is 0 Å². The van der Waals surface area contributed by atoms with E-state index in [1.165, 1.54) is 104 Å². The predicted molar refractivity (Wildman–Crippen MR) is 311 cm³/mol. The molecule has 14 aromatic rings. The lowest BCUT2D eigenvalue weighted by atomic mass is 9.65. The highest BCUT2D eigenvalue weighted by molar-refractivity contribution is 6.17. The Bertz CT molecular complexity index is 4410. The molecular formula is C71H45N3. The van der Waals surface area contributed by atoms with Gasteiger partial charge in [-0.05, 0) is 138 Å². The minimum absolute atomic E-state index is 0.636. The maximum atomic E-state index is 2.53. The molecule has 13 aromatic carbocycles. The van der Waals surface area contributed by atoms with Crippen LogP contribution in [0.2, 0.25) is 0 Å². The molecule has 0 saturated heterocycles. The summed E-state index contributed by atoms with van der Waals surface area (Å²) >= 11 is 0. The highest BCUT2D eigenvalue weighted by Crippen LogP contribution is 2.63. The number of benzene rings is 13. The second-order valence-electron chi connectivity index (χ2n) is 19.9. The molecule has 344 valence electrons. The molecule has 0 bridgehead atoms. The first-order valence-corrected chi connectivity index (χ1v) is 25.7. The Balaban J connectivity index is 1.02. The van der Waals surface area contributed by atoms with Crippen LogP contribution >= 0.6 is 0 Å². The highest BCUT2D eigenvalue weighted by Gasteiger charge is 2.51. The third-order valence-corrected chi connectivity index (χ3v) is 16.3. The van der Waals surface area contributed by atoms with E-state index in [9.17, 15) is 0 Å². The van der Waals surface area contributed by atoms with Gasteiger partial charge in [0, 0.05) is 44.3 Å². The van der Waals surface area contributed by atoms with Crippen molar-refractivity contribution in [3.63, 3.8) is 0 Å². The SMILES string of the molecule is c1ccc(N(c2ccc3c(c2)-c2cc(N(c4ccccc4)c4cc5ccccc5c5ccccc45)ccc2C32c3ccccc3-n3c4ccccc4c4cccc2c43)c2cc3ccccc3c3ccccc23)cc1. The molecule has 0 atom stereocenters. The van der Waals surface area contributed by atoms with E-state index >= 15 is 0 Å². The number of para-hydroxylation sites is 5. The van der Waals surface area contributed by atoms with Crippen LogP contribution in [0.3, 0.4) is 0 Å². The predicted octanol–water partition coefficient (Wildman–Crippen LogP) is 19.0. The fraction of sp³-hybridized carbons (Fsp3) is 0.0141. The third kappa shape index (κ3) is 5.61. The molecule has 0 amide bonds. The van der Waals surface area contributed by atoms with Crippen LogP contribution < -0.4 is 9.80 Å². The molecule has 0 fully saturated rings. The molecule has 1 spiro atoms. The van der Waals surface area contributed by atoms with Crippen LogP contribution in [0, 0.1) is 0 Å². The number of rotatable bonds is 6. The maximum Gasteiger partial charge on any atom is 0.0754 e. The first-order chi connectivity index (χ1) is 36.7. The number of nitrogens with zero attached hydrogens (tertiary/aromatic N) is 3. The van der Waals surface area contributed by atoms with Crippen LogP contribution in [-0.2, 0) is 5.41 Å². The molecule has 1 aliphatic carbocycles. The first-order valence-electron chi connectivity index (χ1n) is 25.7. The van der Waals surface area contributed by atoms with E-state index in [0.717, 1.165) is 34.1 Å². The van der Waals surface area contributed by atoms with E-state index in [0.29, 0.717) is 0 Å². The van der Waals surface area contributed by atoms with E-state index in [2.05, 4.69) is 287 Å². The molecule has 3 heteroatoms. The van der Waals surface area contributed by atoms with Gasteiger partial charge in [0.1, 0.15) is 0 Å². The van der Waals surface area contributed by atoms with Gasteiger partial charge in [0.25, 0.3) is 0 Å². The van der Waals surface area contributed by atoms with Crippen molar-refractivity contribution in [2.75, 3.05) is 9.80 Å². The summed E-state index contributed by atoms with van der Waals surface area (Å²) in [5.74, 6) is 0. The minimum atomic E-state index is -0.636. The highest BCUT2D eigenvalue weighted by atomic mass is 15.2. The Hall–Kier alpha value is -9.70. The summed E-state index contributed by atoms with van der Waals surface area (Å²) in [5, 5.41) is 12.3. The average Bonchev–Trinajstić information content (AvgIpc) is 3.98. The number of hydrogen-bond acceptors (Lipinski definition) is 2. The molecule has 0 unspecified atom stereocenters. The summed E-state index contributed by atoms with van der Waals surface area (Å²) < 4.78 is 2.53. The van der Waals surface area contributed by atoms with Gasteiger partial charge in [0.2, 0.25) is 0 Å². The zero-order valence-electron chi connectivity index (χ0n) is 40.3. The molecule has 3 nitrogen and oxygen atoms in total. The Labute approximate surface area is 428 Å². The Kier molecular flexibility index (Phi) is 8.66.